The number of rotatable bonds is 8. The summed E-state index contributed by atoms with van der Waals surface area (Å²) in [6.07, 6.45) is 6.84. The fourth-order valence-corrected chi connectivity index (χ4v) is 3.01. The monoisotopic (exact) mass is 367 g/mol. The van der Waals surface area contributed by atoms with Crippen LogP contribution in [0.5, 0.6) is 0 Å². The normalized spacial score (nSPS) is 10.7. The number of thioether (sulfide) groups is 1. The van der Waals surface area contributed by atoms with E-state index in [9.17, 15) is 4.79 Å². The molecular formula is C19H21N5OS. The number of pyridine rings is 1. The van der Waals surface area contributed by atoms with Crippen LogP contribution in [0.3, 0.4) is 0 Å². The molecule has 3 aromatic rings. The van der Waals surface area contributed by atoms with Gasteiger partial charge in [0.2, 0.25) is 11.1 Å². The summed E-state index contributed by atoms with van der Waals surface area (Å²) < 4.78 is 0. The lowest BCUT2D eigenvalue weighted by Crippen LogP contribution is -2.14. The van der Waals surface area contributed by atoms with Gasteiger partial charge in [0, 0.05) is 23.6 Å². The maximum Gasteiger partial charge on any atom is 0.234 e. The molecule has 0 unspecified atom stereocenters. The minimum atomic E-state index is -0.0773. The number of anilines is 1. The van der Waals surface area contributed by atoms with Gasteiger partial charge in [-0.15, -0.1) is 5.10 Å². The van der Waals surface area contributed by atoms with Crippen LogP contribution in [0.2, 0.25) is 0 Å². The summed E-state index contributed by atoms with van der Waals surface area (Å²) in [5.41, 5.74) is 3.01. The fourth-order valence-electron chi connectivity index (χ4n) is 2.41. The number of benzene rings is 1. The van der Waals surface area contributed by atoms with Gasteiger partial charge in [-0.05, 0) is 42.7 Å². The van der Waals surface area contributed by atoms with Gasteiger partial charge in [-0.3, -0.25) is 14.9 Å². The van der Waals surface area contributed by atoms with Crippen LogP contribution in [-0.2, 0) is 11.2 Å². The highest BCUT2D eigenvalue weighted by Gasteiger charge is 2.09. The molecule has 0 aliphatic heterocycles. The number of nitrogens with zero attached hydrogens (tertiary/aromatic N) is 3. The Labute approximate surface area is 156 Å². The van der Waals surface area contributed by atoms with E-state index in [1.807, 2.05) is 24.3 Å². The van der Waals surface area contributed by atoms with Gasteiger partial charge in [0.1, 0.15) is 0 Å². The number of aryl methyl sites for hydroxylation is 1. The Bertz CT molecular complexity index is 833. The summed E-state index contributed by atoms with van der Waals surface area (Å²) in [5, 5.41) is 10.5. The molecule has 0 bridgehead atoms. The molecule has 3 rings (SSSR count). The van der Waals surface area contributed by atoms with Crippen LogP contribution in [0.25, 0.3) is 11.4 Å². The first kappa shape index (κ1) is 18.1. The van der Waals surface area contributed by atoms with E-state index >= 15 is 0 Å². The first-order valence-corrected chi connectivity index (χ1v) is 9.57. The van der Waals surface area contributed by atoms with Crippen LogP contribution >= 0.6 is 11.8 Å². The minimum absolute atomic E-state index is 0.0773. The standard InChI is InChI=1S/C19H21N5OS/c1-2-3-4-14-5-7-16(8-6-14)21-17(25)13-26-19-22-18(23-24-19)15-9-11-20-12-10-15/h5-12H,2-4,13H2,1H3,(H,21,25)(H,22,23,24). The molecule has 2 N–H and O–H groups in total. The summed E-state index contributed by atoms with van der Waals surface area (Å²) in [6.45, 7) is 2.18. The van der Waals surface area contributed by atoms with Crippen LogP contribution in [0, 0.1) is 0 Å². The van der Waals surface area contributed by atoms with E-state index in [0.717, 1.165) is 17.7 Å². The Balaban J connectivity index is 1.49. The molecule has 134 valence electrons. The molecular weight excluding hydrogens is 346 g/mol. The van der Waals surface area contributed by atoms with E-state index < -0.39 is 0 Å². The molecule has 0 spiro atoms. The van der Waals surface area contributed by atoms with Gasteiger partial charge in [-0.1, -0.05) is 37.2 Å². The number of carbonyl (C=O) groups is 1. The van der Waals surface area contributed by atoms with Crippen LogP contribution in [0.1, 0.15) is 25.3 Å². The summed E-state index contributed by atoms with van der Waals surface area (Å²) in [5.74, 6) is 0.843. The number of carbonyl (C=O) groups excluding carboxylic acids is 1. The molecule has 6 nitrogen and oxygen atoms in total. The number of nitrogens with one attached hydrogen (secondary N) is 2. The van der Waals surface area contributed by atoms with Gasteiger partial charge in [0.15, 0.2) is 5.82 Å². The molecule has 0 radical (unpaired) electrons. The number of amides is 1. The van der Waals surface area contributed by atoms with Crippen molar-refractivity contribution in [2.45, 2.75) is 31.3 Å². The highest BCUT2D eigenvalue weighted by molar-refractivity contribution is 7.99. The predicted octanol–water partition coefficient (Wildman–Crippen LogP) is 3.94. The van der Waals surface area contributed by atoms with Crippen molar-refractivity contribution in [1.82, 2.24) is 20.2 Å². The Morgan fingerprint density at radius 2 is 1.92 bits per heavy atom. The van der Waals surface area contributed by atoms with Crippen molar-refractivity contribution in [1.29, 1.82) is 0 Å². The van der Waals surface area contributed by atoms with Crippen molar-refractivity contribution in [3.05, 3.63) is 54.4 Å². The molecule has 2 aromatic heterocycles. The maximum atomic E-state index is 12.1. The van der Waals surface area contributed by atoms with E-state index in [1.54, 1.807) is 12.4 Å². The predicted molar refractivity (Wildman–Crippen MR) is 104 cm³/mol. The number of aromatic amines is 1. The second-order valence-corrected chi connectivity index (χ2v) is 6.78. The Hall–Kier alpha value is -2.67. The number of aromatic nitrogens is 4. The Morgan fingerprint density at radius 3 is 2.65 bits per heavy atom. The second kappa shape index (κ2) is 9.15. The highest BCUT2D eigenvalue weighted by Crippen LogP contribution is 2.19. The van der Waals surface area contributed by atoms with Crippen LogP contribution in [0.4, 0.5) is 5.69 Å². The zero-order valence-electron chi connectivity index (χ0n) is 14.6. The largest absolute Gasteiger partial charge is 0.325 e. The van der Waals surface area contributed by atoms with Crippen LogP contribution in [-0.4, -0.2) is 31.8 Å². The number of H-pyrrole nitrogens is 1. The van der Waals surface area contributed by atoms with Crippen molar-refractivity contribution in [3.8, 4) is 11.4 Å². The van der Waals surface area contributed by atoms with E-state index in [1.165, 1.54) is 30.2 Å². The molecule has 2 heterocycles. The van der Waals surface area contributed by atoms with Gasteiger partial charge in [-0.25, -0.2) is 4.98 Å². The molecule has 7 heteroatoms. The fraction of sp³-hybridized carbons (Fsp3) is 0.263. The molecule has 1 aromatic carbocycles. The lowest BCUT2D eigenvalue weighted by molar-refractivity contribution is -0.113. The molecule has 26 heavy (non-hydrogen) atoms. The van der Waals surface area contributed by atoms with E-state index in [4.69, 9.17) is 0 Å². The highest BCUT2D eigenvalue weighted by atomic mass is 32.2. The average molecular weight is 367 g/mol. The van der Waals surface area contributed by atoms with Crippen molar-refractivity contribution in [2.75, 3.05) is 11.1 Å². The number of hydrogen-bond donors (Lipinski definition) is 2. The lowest BCUT2D eigenvalue weighted by Gasteiger charge is -2.05. The quantitative estimate of drug-likeness (QED) is 0.589. The van der Waals surface area contributed by atoms with Crippen LogP contribution < -0.4 is 5.32 Å². The minimum Gasteiger partial charge on any atom is -0.325 e. The molecule has 0 fully saturated rings. The third kappa shape index (κ3) is 5.16. The third-order valence-corrected chi connectivity index (χ3v) is 4.66. The number of hydrogen-bond acceptors (Lipinski definition) is 5. The maximum absolute atomic E-state index is 12.1. The summed E-state index contributed by atoms with van der Waals surface area (Å²) in [4.78, 5) is 20.5. The van der Waals surface area contributed by atoms with Gasteiger partial charge in [-0.2, -0.15) is 0 Å². The van der Waals surface area contributed by atoms with Crippen molar-refractivity contribution < 1.29 is 4.79 Å². The summed E-state index contributed by atoms with van der Waals surface area (Å²) in [7, 11) is 0. The average Bonchev–Trinajstić information content (AvgIpc) is 3.16. The molecule has 0 saturated carbocycles. The van der Waals surface area contributed by atoms with Gasteiger partial charge < -0.3 is 5.32 Å². The zero-order valence-corrected chi connectivity index (χ0v) is 15.4. The van der Waals surface area contributed by atoms with Crippen LogP contribution in [0.15, 0.2) is 53.9 Å². The van der Waals surface area contributed by atoms with Gasteiger partial charge >= 0.3 is 0 Å². The molecule has 0 aliphatic rings. The third-order valence-electron chi connectivity index (χ3n) is 3.81. The Kier molecular flexibility index (Phi) is 6.38. The zero-order chi connectivity index (χ0) is 18.2. The second-order valence-electron chi connectivity index (χ2n) is 5.84. The summed E-state index contributed by atoms with van der Waals surface area (Å²) in [6, 6.07) is 11.7. The van der Waals surface area contributed by atoms with Crippen molar-refractivity contribution in [2.24, 2.45) is 0 Å². The van der Waals surface area contributed by atoms with E-state index in [2.05, 4.69) is 44.5 Å². The first-order chi connectivity index (χ1) is 12.7. The molecule has 0 aliphatic carbocycles. The molecule has 1 amide bonds. The first-order valence-electron chi connectivity index (χ1n) is 8.59. The van der Waals surface area contributed by atoms with Crippen molar-refractivity contribution in [3.63, 3.8) is 0 Å². The lowest BCUT2D eigenvalue weighted by atomic mass is 10.1. The number of unbranched alkanes of at least 4 members (excludes halogenated alkanes) is 1. The van der Waals surface area contributed by atoms with Crippen molar-refractivity contribution >= 4 is 23.4 Å². The topological polar surface area (TPSA) is 83.6 Å². The van der Waals surface area contributed by atoms with Gasteiger partial charge in [0.25, 0.3) is 0 Å². The molecule has 0 saturated heterocycles. The molecule has 0 atom stereocenters. The summed E-state index contributed by atoms with van der Waals surface area (Å²) >= 11 is 1.30. The van der Waals surface area contributed by atoms with Gasteiger partial charge in [0.05, 0.1) is 5.75 Å². The Morgan fingerprint density at radius 1 is 1.15 bits per heavy atom. The van der Waals surface area contributed by atoms with E-state index in [-0.39, 0.29) is 11.7 Å². The van der Waals surface area contributed by atoms with E-state index in [0.29, 0.717) is 11.0 Å². The SMILES string of the molecule is CCCCc1ccc(NC(=O)CSc2n[nH]c(-c3ccncc3)n2)cc1. The smallest absolute Gasteiger partial charge is 0.234 e.